The Morgan fingerprint density at radius 3 is 2.06 bits per heavy atom. The molecule has 0 aliphatic rings. The van der Waals surface area contributed by atoms with Crippen LogP contribution < -0.4 is 5.32 Å². The van der Waals surface area contributed by atoms with Gasteiger partial charge < -0.3 is 14.8 Å². The molecule has 0 spiro atoms. The molecule has 178 valence electrons. The highest BCUT2D eigenvalue weighted by Gasteiger charge is 2.36. The van der Waals surface area contributed by atoms with Crippen LogP contribution in [0.5, 0.6) is 0 Å². The maximum absolute atomic E-state index is 13.2. The molecule has 2 rings (SSSR count). The molecule has 0 aromatic heterocycles. The lowest BCUT2D eigenvalue weighted by Crippen LogP contribution is -2.55. The Morgan fingerprint density at radius 1 is 1.00 bits per heavy atom. The minimum Gasteiger partial charge on any atom is -0.458 e. The first-order chi connectivity index (χ1) is 15.4. The first-order valence-electron chi connectivity index (χ1n) is 10.8. The molecule has 7 heteroatoms. The number of urea groups is 1. The molecule has 0 unspecified atom stereocenters. The predicted octanol–water partition coefficient (Wildman–Crippen LogP) is 5.48. The molecule has 1 N–H and O–H groups in total. The summed E-state index contributed by atoms with van der Waals surface area (Å²) in [6.07, 6.45) is -0.439. The second-order valence-corrected chi connectivity index (χ2v) is 9.80. The van der Waals surface area contributed by atoms with E-state index in [2.05, 4.69) is 24.5 Å². The Balaban J connectivity index is 2.19. The second-order valence-electron chi connectivity index (χ2n) is 9.28. The van der Waals surface area contributed by atoms with Gasteiger partial charge in [-0.05, 0) is 45.7 Å². The Labute approximate surface area is 202 Å². The molecule has 0 bridgehead atoms. The molecule has 1 atom stereocenters. The number of thiol groups is 1. The van der Waals surface area contributed by atoms with Gasteiger partial charge >= 0.3 is 12.0 Å². The molecule has 0 heterocycles. The van der Waals surface area contributed by atoms with Crippen molar-refractivity contribution in [1.29, 1.82) is 0 Å². The summed E-state index contributed by atoms with van der Waals surface area (Å²) in [4.78, 5) is 27.1. The number of esters is 1. The van der Waals surface area contributed by atoms with Gasteiger partial charge in [-0.3, -0.25) is 4.90 Å². The van der Waals surface area contributed by atoms with Crippen LogP contribution in [0, 0.1) is 0 Å². The van der Waals surface area contributed by atoms with Gasteiger partial charge in [0.15, 0.2) is 0 Å². The average molecular weight is 471 g/mol. The number of carbonyl (C=O) groups is 2. The van der Waals surface area contributed by atoms with Crippen LogP contribution in [0.15, 0.2) is 72.3 Å². The van der Waals surface area contributed by atoms with Gasteiger partial charge in [0, 0.05) is 0 Å². The van der Waals surface area contributed by atoms with Crippen LogP contribution in [0.1, 0.15) is 51.8 Å². The summed E-state index contributed by atoms with van der Waals surface area (Å²) in [6, 6.07) is 18.9. The van der Waals surface area contributed by atoms with Crippen molar-refractivity contribution in [1.82, 2.24) is 10.2 Å². The summed E-state index contributed by atoms with van der Waals surface area (Å²) in [6.45, 7) is 12.9. The van der Waals surface area contributed by atoms with Crippen molar-refractivity contribution in [2.75, 3.05) is 6.54 Å². The first-order valence-corrected chi connectivity index (χ1v) is 11.3. The Kier molecular flexibility index (Phi) is 9.14. The van der Waals surface area contributed by atoms with Crippen LogP contribution in [0.3, 0.4) is 0 Å². The zero-order valence-electron chi connectivity index (χ0n) is 20.0. The summed E-state index contributed by atoms with van der Waals surface area (Å²) >= 11 is 4.33. The van der Waals surface area contributed by atoms with E-state index in [1.165, 1.54) is 4.90 Å². The lowest BCUT2D eigenvalue weighted by molar-refractivity contribution is -0.161. The zero-order valence-corrected chi connectivity index (χ0v) is 20.9. The molecule has 0 fully saturated rings. The van der Waals surface area contributed by atoms with Gasteiger partial charge in [-0.15, -0.1) is 12.6 Å². The standard InChI is InChI=1S/C26H34N2O4S/c1-19(33)28(24(30)27-26(5,6)23(29)32-25(2,3)4)17-22(21-15-11-8-12-16-21)31-18-20-13-9-7-10-14-20/h7-16,22,33H,1,17-18H2,2-6H3,(H,27,30)/t22-/m0/s1. The quantitative estimate of drug-likeness (QED) is 0.376. The summed E-state index contributed by atoms with van der Waals surface area (Å²) in [5.41, 5.74) is 0.00611. The second kappa shape index (κ2) is 11.4. The highest BCUT2D eigenvalue weighted by Crippen LogP contribution is 2.24. The molecule has 2 amide bonds. The van der Waals surface area contributed by atoms with E-state index in [4.69, 9.17) is 9.47 Å². The fourth-order valence-electron chi connectivity index (χ4n) is 2.96. The number of benzene rings is 2. The first kappa shape index (κ1) is 26.5. The number of nitrogens with zero attached hydrogens (tertiary/aromatic N) is 1. The van der Waals surface area contributed by atoms with Gasteiger partial charge in [-0.2, -0.15) is 0 Å². The maximum Gasteiger partial charge on any atom is 0.331 e. The average Bonchev–Trinajstić information content (AvgIpc) is 2.73. The summed E-state index contributed by atoms with van der Waals surface area (Å²) < 4.78 is 11.6. The third-order valence-electron chi connectivity index (χ3n) is 4.70. The number of nitrogens with one attached hydrogen (secondary N) is 1. The van der Waals surface area contributed by atoms with E-state index < -0.39 is 29.2 Å². The number of ether oxygens (including phenoxy) is 2. The molecule has 0 aliphatic carbocycles. The molecule has 0 radical (unpaired) electrons. The SMILES string of the molecule is C=C(S)N(C[C@H](OCc1ccccc1)c1ccccc1)C(=O)NC(C)(C)C(=O)OC(C)(C)C. The molecule has 6 nitrogen and oxygen atoms in total. The topological polar surface area (TPSA) is 67.9 Å². The van der Waals surface area contributed by atoms with Crippen LogP contribution in [0.2, 0.25) is 0 Å². The van der Waals surface area contributed by atoms with Crippen molar-refractivity contribution in [2.24, 2.45) is 0 Å². The fourth-order valence-corrected chi connectivity index (χ4v) is 3.13. The van der Waals surface area contributed by atoms with E-state index in [0.29, 0.717) is 6.61 Å². The zero-order chi connectivity index (χ0) is 24.6. The highest BCUT2D eigenvalue weighted by atomic mass is 32.1. The lowest BCUT2D eigenvalue weighted by atomic mass is 10.1. The van der Waals surface area contributed by atoms with Gasteiger partial charge in [-0.1, -0.05) is 67.2 Å². The minimum atomic E-state index is -1.25. The third kappa shape index (κ3) is 8.59. The summed E-state index contributed by atoms with van der Waals surface area (Å²) in [7, 11) is 0. The molecule has 0 saturated carbocycles. The van der Waals surface area contributed by atoms with Crippen LogP contribution >= 0.6 is 12.6 Å². The molecule has 2 aromatic carbocycles. The number of rotatable bonds is 9. The van der Waals surface area contributed by atoms with Gasteiger partial charge in [0.1, 0.15) is 17.2 Å². The molecule has 0 saturated heterocycles. The van der Waals surface area contributed by atoms with Crippen LogP contribution in [0.4, 0.5) is 4.79 Å². The molecule has 33 heavy (non-hydrogen) atoms. The monoisotopic (exact) mass is 470 g/mol. The van der Waals surface area contributed by atoms with E-state index in [1.807, 2.05) is 60.7 Å². The summed E-state index contributed by atoms with van der Waals surface area (Å²) in [5.74, 6) is -0.534. The van der Waals surface area contributed by atoms with Crippen molar-refractivity contribution in [3.8, 4) is 0 Å². The van der Waals surface area contributed by atoms with E-state index in [-0.39, 0.29) is 11.6 Å². The van der Waals surface area contributed by atoms with E-state index >= 15 is 0 Å². The van der Waals surface area contributed by atoms with Crippen molar-refractivity contribution in [3.05, 3.63) is 83.4 Å². The minimum absolute atomic E-state index is 0.162. The number of hydrogen-bond acceptors (Lipinski definition) is 5. The Hall–Kier alpha value is -2.77. The van der Waals surface area contributed by atoms with Crippen LogP contribution in [-0.4, -0.2) is 34.6 Å². The lowest BCUT2D eigenvalue weighted by Gasteiger charge is -2.33. The van der Waals surface area contributed by atoms with E-state index in [0.717, 1.165) is 11.1 Å². The van der Waals surface area contributed by atoms with Crippen LogP contribution in [0.25, 0.3) is 0 Å². The summed E-state index contributed by atoms with van der Waals surface area (Å²) in [5, 5.41) is 2.97. The molecule has 0 aliphatic heterocycles. The van der Waals surface area contributed by atoms with Gasteiger partial charge in [-0.25, -0.2) is 9.59 Å². The predicted molar refractivity (Wildman–Crippen MR) is 134 cm³/mol. The Morgan fingerprint density at radius 2 is 1.55 bits per heavy atom. The van der Waals surface area contributed by atoms with Crippen molar-refractivity contribution < 1.29 is 19.1 Å². The normalized spacial score (nSPS) is 12.5. The fraction of sp³-hybridized carbons (Fsp3) is 0.385. The Bertz CT molecular complexity index is 940. The van der Waals surface area contributed by atoms with Crippen molar-refractivity contribution in [3.63, 3.8) is 0 Å². The van der Waals surface area contributed by atoms with E-state index in [9.17, 15) is 9.59 Å². The smallest absolute Gasteiger partial charge is 0.331 e. The van der Waals surface area contributed by atoms with Crippen molar-refractivity contribution in [2.45, 2.75) is 58.5 Å². The van der Waals surface area contributed by atoms with Gasteiger partial charge in [0.05, 0.1) is 18.2 Å². The van der Waals surface area contributed by atoms with Crippen LogP contribution in [-0.2, 0) is 20.9 Å². The molecule has 2 aromatic rings. The largest absolute Gasteiger partial charge is 0.458 e. The van der Waals surface area contributed by atoms with Gasteiger partial charge in [0.25, 0.3) is 0 Å². The van der Waals surface area contributed by atoms with Crippen molar-refractivity contribution >= 4 is 24.6 Å². The van der Waals surface area contributed by atoms with Gasteiger partial charge in [0.2, 0.25) is 0 Å². The maximum atomic E-state index is 13.2. The number of amides is 2. The van der Waals surface area contributed by atoms with E-state index in [1.54, 1.807) is 34.6 Å². The number of carbonyl (C=O) groups excluding carboxylic acids is 2. The highest BCUT2D eigenvalue weighted by molar-refractivity contribution is 7.84. The third-order valence-corrected chi connectivity index (χ3v) is 4.94. The number of hydrogen-bond donors (Lipinski definition) is 2. The molecular weight excluding hydrogens is 436 g/mol. The molecular formula is C26H34N2O4S.